The molecule has 0 unspecified atom stereocenters. The van der Waals surface area contributed by atoms with Crippen molar-refractivity contribution in [3.63, 3.8) is 0 Å². The summed E-state index contributed by atoms with van der Waals surface area (Å²) in [7, 11) is 4.14. The van der Waals surface area contributed by atoms with Gasteiger partial charge in [0.2, 0.25) is 0 Å². The van der Waals surface area contributed by atoms with E-state index >= 15 is 0 Å². The molecule has 7 heteroatoms. The lowest BCUT2D eigenvalue weighted by Crippen LogP contribution is -2.53. The van der Waals surface area contributed by atoms with Crippen molar-refractivity contribution < 1.29 is 13.2 Å². The van der Waals surface area contributed by atoms with Crippen LogP contribution in [0.4, 0.5) is 13.2 Å². The lowest BCUT2D eigenvalue weighted by Gasteiger charge is -2.37. The second-order valence-corrected chi connectivity index (χ2v) is 6.24. The third-order valence-electron chi connectivity index (χ3n) is 4.05. The number of benzene rings is 1. The highest BCUT2D eigenvalue weighted by molar-refractivity contribution is 6.31. The van der Waals surface area contributed by atoms with Crippen molar-refractivity contribution in [2.45, 2.75) is 18.8 Å². The number of halogens is 4. The highest BCUT2D eigenvalue weighted by Crippen LogP contribution is 2.31. The lowest BCUT2D eigenvalue weighted by molar-refractivity contribution is -0.137. The van der Waals surface area contributed by atoms with E-state index in [2.05, 4.69) is 29.2 Å². The summed E-state index contributed by atoms with van der Waals surface area (Å²) in [6.07, 6.45) is -4.34. The Bertz CT molecular complexity index is 507. The molecule has 0 aliphatic carbocycles. The van der Waals surface area contributed by atoms with Crippen LogP contribution >= 0.6 is 11.6 Å². The topological polar surface area (TPSA) is 18.5 Å². The van der Waals surface area contributed by atoms with E-state index in [1.165, 1.54) is 6.07 Å². The molecule has 124 valence electrons. The van der Waals surface area contributed by atoms with Crippen molar-refractivity contribution in [2.24, 2.45) is 0 Å². The second-order valence-electron chi connectivity index (χ2n) is 5.83. The number of likely N-dealkylation sites (N-methyl/N-ethyl adjacent to an activating group) is 2. The fraction of sp³-hybridized carbons (Fsp3) is 0.600. The van der Waals surface area contributed by atoms with Gasteiger partial charge in [-0.2, -0.15) is 13.2 Å². The van der Waals surface area contributed by atoms with Crippen LogP contribution in [0.2, 0.25) is 5.02 Å². The van der Waals surface area contributed by atoms with Gasteiger partial charge in [0.1, 0.15) is 0 Å². The van der Waals surface area contributed by atoms with E-state index in [1.54, 1.807) is 0 Å². The number of hydrogen-bond donors (Lipinski definition) is 1. The van der Waals surface area contributed by atoms with Gasteiger partial charge < -0.3 is 10.2 Å². The molecular weight excluding hydrogens is 315 g/mol. The molecule has 0 radical (unpaired) electrons. The molecule has 1 aliphatic rings. The summed E-state index contributed by atoms with van der Waals surface area (Å²) >= 11 is 5.99. The van der Waals surface area contributed by atoms with E-state index in [-0.39, 0.29) is 0 Å². The minimum Gasteiger partial charge on any atom is -0.311 e. The average molecular weight is 336 g/mol. The first-order chi connectivity index (χ1) is 10.3. The average Bonchev–Trinajstić information content (AvgIpc) is 2.43. The van der Waals surface area contributed by atoms with Crippen LogP contribution in [0, 0.1) is 0 Å². The van der Waals surface area contributed by atoms with Crippen molar-refractivity contribution in [3.05, 3.63) is 34.3 Å². The monoisotopic (exact) mass is 335 g/mol. The maximum Gasteiger partial charge on any atom is 0.416 e. The van der Waals surface area contributed by atoms with Gasteiger partial charge in [0.15, 0.2) is 0 Å². The molecule has 1 saturated heterocycles. The number of piperazine rings is 1. The number of nitrogens with one attached hydrogen (secondary N) is 1. The van der Waals surface area contributed by atoms with Crippen molar-refractivity contribution in [1.82, 2.24) is 15.1 Å². The van der Waals surface area contributed by atoms with Crippen molar-refractivity contribution >= 4 is 11.6 Å². The van der Waals surface area contributed by atoms with E-state index in [1.807, 2.05) is 0 Å². The van der Waals surface area contributed by atoms with Crippen LogP contribution in [0.1, 0.15) is 11.1 Å². The Hall–Kier alpha value is -0.820. The smallest absolute Gasteiger partial charge is 0.311 e. The lowest BCUT2D eigenvalue weighted by atomic mass is 10.1. The third-order valence-corrected chi connectivity index (χ3v) is 4.42. The van der Waals surface area contributed by atoms with E-state index in [0.29, 0.717) is 29.7 Å². The molecule has 2 rings (SSSR count). The van der Waals surface area contributed by atoms with Gasteiger partial charge in [0, 0.05) is 43.8 Å². The number of rotatable bonds is 4. The Kier molecular flexibility index (Phi) is 5.71. The molecule has 22 heavy (non-hydrogen) atoms. The molecule has 1 aliphatic heterocycles. The van der Waals surface area contributed by atoms with Crippen LogP contribution in [-0.4, -0.2) is 56.1 Å². The summed E-state index contributed by atoms with van der Waals surface area (Å²) in [5.41, 5.74) is -0.188. The van der Waals surface area contributed by atoms with Crippen molar-refractivity contribution in [2.75, 3.05) is 40.3 Å². The van der Waals surface area contributed by atoms with Gasteiger partial charge in [-0.1, -0.05) is 11.6 Å². The maximum atomic E-state index is 12.7. The molecule has 0 amide bonds. The standard InChI is InChI=1S/C15H21ClF3N3/c1-21-5-6-22(2)13(10-21)9-20-8-11-7-12(15(17,18)19)3-4-14(11)16/h3-4,7,13,20H,5-6,8-10H2,1-2H3/t13-/m0/s1. The van der Waals surface area contributed by atoms with E-state index in [0.717, 1.165) is 31.8 Å². The van der Waals surface area contributed by atoms with E-state index < -0.39 is 11.7 Å². The minimum atomic E-state index is -4.34. The molecule has 0 bridgehead atoms. The van der Waals surface area contributed by atoms with Crippen LogP contribution in [0.25, 0.3) is 0 Å². The zero-order chi connectivity index (χ0) is 16.3. The van der Waals surface area contributed by atoms with Crippen LogP contribution < -0.4 is 5.32 Å². The van der Waals surface area contributed by atoms with Crippen LogP contribution in [0.15, 0.2) is 18.2 Å². The predicted octanol–water partition coefficient (Wildman–Crippen LogP) is 2.69. The Labute approximate surface area is 134 Å². The normalized spacial score (nSPS) is 21.3. The molecular formula is C15H21ClF3N3. The van der Waals surface area contributed by atoms with Gasteiger partial charge in [0.05, 0.1) is 5.56 Å². The van der Waals surface area contributed by atoms with Gasteiger partial charge >= 0.3 is 6.18 Å². The molecule has 1 N–H and O–H groups in total. The first-order valence-corrected chi connectivity index (χ1v) is 7.60. The molecule has 1 heterocycles. The summed E-state index contributed by atoms with van der Waals surface area (Å²) in [6, 6.07) is 3.78. The quantitative estimate of drug-likeness (QED) is 0.912. The summed E-state index contributed by atoms with van der Waals surface area (Å²) in [5, 5.41) is 3.58. The fourth-order valence-corrected chi connectivity index (χ4v) is 2.77. The maximum absolute atomic E-state index is 12.7. The summed E-state index contributed by atoms with van der Waals surface area (Å²) in [5.74, 6) is 0. The number of alkyl halides is 3. The highest BCUT2D eigenvalue weighted by Gasteiger charge is 2.30. The molecule has 1 aromatic rings. The van der Waals surface area contributed by atoms with Crippen molar-refractivity contribution in [3.8, 4) is 0 Å². The second kappa shape index (κ2) is 7.17. The summed E-state index contributed by atoms with van der Waals surface area (Å²) in [4.78, 5) is 4.52. The van der Waals surface area contributed by atoms with Crippen LogP contribution in [0.3, 0.4) is 0 Å². The predicted molar refractivity (Wildman–Crippen MR) is 82.1 cm³/mol. The molecule has 1 atom stereocenters. The zero-order valence-electron chi connectivity index (χ0n) is 12.8. The highest BCUT2D eigenvalue weighted by atomic mass is 35.5. The zero-order valence-corrected chi connectivity index (χ0v) is 13.5. The van der Waals surface area contributed by atoms with Gasteiger partial charge in [-0.05, 0) is 37.9 Å². The van der Waals surface area contributed by atoms with E-state index in [4.69, 9.17) is 11.6 Å². The Morgan fingerprint density at radius 1 is 1.27 bits per heavy atom. The van der Waals surface area contributed by atoms with Crippen LogP contribution in [0.5, 0.6) is 0 Å². The Morgan fingerprint density at radius 2 is 2.00 bits per heavy atom. The third kappa shape index (κ3) is 4.59. The Balaban J connectivity index is 1.94. The summed E-state index contributed by atoms with van der Waals surface area (Å²) < 4.78 is 38.2. The van der Waals surface area contributed by atoms with Crippen molar-refractivity contribution in [1.29, 1.82) is 0 Å². The first-order valence-electron chi connectivity index (χ1n) is 7.22. The van der Waals surface area contributed by atoms with E-state index in [9.17, 15) is 13.2 Å². The van der Waals surface area contributed by atoms with Crippen LogP contribution in [-0.2, 0) is 12.7 Å². The fourth-order valence-electron chi connectivity index (χ4n) is 2.58. The number of nitrogens with zero attached hydrogens (tertiary/aromatic N) is 2. The molecule has 0 aromatic heterocycles. The largest absolute Gasteiger partial charge is 0.416 e. The molecule has 0 spiro atoms. The number of hydrogen-bond acceptors (Lipinski definition) is 3. The molecule has 0 saturated carbocycles. The minimum absolute atomic E-state index is 0.330. The summed E-state index contributed by atoms with van der Waals surface area (Å²) in [6.45, 7) is 4.02. The van der Waals surface area contributed by atoms with Gasteiger partial charge in [-0.25, -0.2) is 0 Å². The molecule has 1 aromatic carbocycles. The SMILES string of the molecule is CN1CCN(C)[C@@H](CNCc2cc(C(F)(F)F)ccc2Cl)C1. The molecule has 3 nitrogen and oxygen atoms in total. The van der Waals surface area contributed by atoms with Gasteiger partial charge in [-0.3, -0.25) is 4.90 Å². The first kappa shape index (κ1) is 17.5. The van der Waals surface area contributed by atoms with Gasteiger partial charge in [0.25, 0.3) is 0 Å². The van der Waals surface area contributed by atoms with Gasteiger partial charge in [-0.15, -0.1) is 0 Å². The Morgan fingerprint density at radius 3 is 2.68 bits per heavy atom. The molecule has 1 fully saturated rings.